The van der Waals surface area contributed by atoms with Crippen molar-refractivity contribution in [2.24, 2.45) is 17.4 Å². The topological polar surface area (TPSA) is 177 Å². The van der Waals surface area contributed by atoms with Crippen LogP contribution in [0.25, 0.3) is 21.9 Å². The van der Waals surface area contributed by atoms with Crippen molar-refractivity contribution in [2.75, 3.05) is 25.7 Å². The van der Waals surface area contributed by atoms with E-state index in [1.807, 2.05) is 6.92 Å². The number of thioether (sulfide) groups is 1. The normalized spacial score (nSPS) is 11.2. The van der Waals surface area contributed by atoms with Crippen LogP contribution in [-0.2, 0) is 4.79 Å². The number of ether oxygens (including phenoxy) is 2. The van der Waals surface area contributed by atoms with Crippen LogP contribution in [0, 0.1) is 6.92 Å². The van der Waals surface area contributed by atoms with Crippen molar-refractivity contribution in [3.05, 3.63) is 34.4 Å². The molecule has 1 atom stereocenters. The molecule has 0 bridgehead atoms. The Bertz CT molecular complexity index is 1050. The van der Waals surface area contributed by atoms with Crippen LogP contribution in [0.4, 0.5) is 0 Å². The molecule has 3 rings (SSSR count). The maximum absolute atomic E-state index is 12.2. The average molecular weight is 456 g/mol. The minimum atomic E-state index is -0.906. The Morgan fingerprint density at radius 3 is 2.42 bits per heavy atom. The molecule has 7 N–H and O–H groups in total. The van der Waals surface area contributed by atoms with Gasteiger partial charge < -0.3 is 29.1 Å². The summed E-state index contributed by atoms with van der Waals surface area (Å²) in [6.07, 6.45) is 2.08. The number of carboxylic acids is 1. The first-order chi connectivity index (χ1) is 14.8. The number of carbonyl (C=O) groups is 1. The van der Waals surface area contributed by atoms with Crippen molar-refractivity contribution in [1.82, 2.24) is 0 Å². The fourth-order valence-corrected chi connectivity index (χ4v) is 3.47. The van der Waals surface area contributed by atoms with E-state index in [0.29, 0.717) is 45.6 Å². The SMILES string of the molecule is CCSCC[C@H](N)C(=O)O.COc1c2occc2c(OC)c2c(=O)cc(C)oc12.NN. The smallest absolute Gasteiger partial charge is 0.320 e. The summed E-state index contributed by atoms with van der Waals surface area (Å²) in [6.45, 7) is 3.75. The lowest BCUT2D eigenvalue weighted by atomic mass is 10.1. The number of hydrogen-bond acceptors (Lipinski definition) is 10. The zero-order valence-corrected chi connectivity index (χ0v) is 18.8. The molecule has 0 radical (unpaired) electrons. The second kappa shape index (κ2) is 12.8. The molecule has 10 nitrogen and oxygen atoms in total. The minimum Gasteiger partial charge on any atom is -0.495 e. The van der Waals surface area contributed by atoms with Crippen LogP contribution in [0.5, 0.6) is 11.5 Å². The Kier molecular flexibility index (Phi) is 10.9. The fourth-order valence-electron chi connectivity index (χ4n) is 2.76. The summed E-state index contributed by atoms with van der Waals surface area (Å²) in [5, 5.41) is 9.39. The molecule has 3 aromatic rings. The van der Waals surface area contributed by atoms with Gasteiger partial charge in [0.2, 0.25) is 5.75 Å². The maximum Gasteiger partial charge on any atom is 0.320 e. The number of carboxylic acid groups (broad SMARTS) is 1. The summed E-state index contributed by atoms with van der Waals surface area (Å²) >= 11 is 1.71. The van der Waals surface area contributed by atoms with Gasteiger partial charge >= 0.3 is 5.97 Å². The van der Waals surface area contributed by atoms with Gasteiger partial charge in [-0.25, -0.2) is 0 Å². The molecule has 11 heteroatoms. The van der Waals surface area contributed by atoms with Crippen molar-refractivity contribution in [2.45, 2.75) is 26.3 Å². The molecule has 0 aliphatic rings. The lowest BCUT2D eigenvalue weighted by Gasteiger charge is -2.10. The molecule has 2 heterocycles. The largest absolute Gasteiger partial charge is 0.495 e. The van der Waals surface area contributed by atoms with Crippen molar-refractivity contribution >= 4 is 39.7 Å². The molecule has 0 saturated carbocycles. The summed E-state index contributed by atoms with van der Waals surface area (Å²) < 4.78 is 21.7. The quantitative estimate of drug-likeness (QED) is 0.233. The zero-order valence-electron chi connectivity index (χ0n) is 18.0. The van der Waals surface area contributed by atoms with Crippen molar-refractivity contribution in [3.63, 3.8) is 0 Å². The number of fused-ring (bicyclic) bond motifs is 2. The van der Waals surface area contributed by atoms with Gasteiger partial charge in [-0.1, -0.05) is 6.92 Å². The number of aliphatic carboxylic acids is 1. The zero-order chi connectivity index (χ0) is 23.6. The molecule has 0 spiro atoms. The number of hydrogen-bond donors (Lipinski definition) is 4. The Hall–Kier alpha value is -2.73. The van der Waals surface area contributed by atoms with Crippen LogP contribution >= 0.6 is 11.8 Å². The van der Waals surface area contributed by atoms with Crippen molar-refractivity contribution < 1.29 is 28.2 Å². The third-order valence-corrected chi connectivity index (χ3v) is 5.06. The minimum absolute atomic E-state index is 0.169. The maximum atomic E-state index is 12.2. The van der Waals surface area contributed by atoms with E-state index in [1.165, 1.54) is 26.5 Å². The van der Waals surface area contributed by atoms with Crippen molar-refractivity contribution in [3.8, 4) is 11.5 Å². The van der Waals surface area contributed by atoms with E-state index in [2.05, 4.69) is 11.7 Å². The van der Waals surface area contributed by atoms with Gasteiger partial charge in [-0.15, -0.1) is 0 Å². The monoisotopic (exact) mass is 455 g/mol. The number of methoxy groups -OCH3 is 2. The van der Waals surface area contributed by atoms with Crippen LogP contribution < -0.4 is 32.3 Å². The molecule has 0 saturated heterocycles. The van der Waals surface area contributed by atoms with Gasteiger partial charge in [-0.3, -0.25) is 21.3 Å². The summed E-state index contributed by atoms with van der Waals surface area (Å²) in [4.78, 5) is 22.3. The van der Waals surface area contributed by atoms with Gasteiger partial charge in [-0.05, 0) is 30.9 Å². The standard InChI is InChI=1S/C14H12O5.C6H13NO2S.H4N2/c1-7-6-9(15)10-11(16-2)8-4-5-18-12(8)14(17-3)13(10)19-7;1-2-10-4-3-5(7)6(8)9;1-2/h4-6H,1-3H3;5H,2-4,7H2,1H3,(H,8,9);1-2H2/t;5-;/m.0./s1. The fraction of sp³-hybridized carbons (Fsp3) is 0.400. The highest BCUT2D eigenvalue weighted by Gasteiger charge is 2.22. The summed E-state index contributed by atoms with van der Waals surface area (Å²) in [6, 6.07) is 2.48. The van der Waals surface area contributed by atoms with Gasteiger partial charge in [-0.2, -0.15) is 11.8 Å². The predicted octanol–water partition coefficient (Wildman–Crippen LogP) is 2.23. The molecular weight excluding hydrogens is 426 g/mol. The van der Waals surface area contributed by atoms with E-state index >= 15 is 0 Å². The summed E-state index contributed by atoms with van der Waals surface area (Å²) in [5.74, 6) is 10.3. The summed E-state index contributed by atoms with van der Waals surface area (Å²) in [5.41, 5.74) is 5.92. The highest BCUT2D eigenvalue weighted by atomic mass is 32.2. The molecule has 2 aromatic heterocycles. The Balaban J connectivity index is 0.000000343. The predicted molar refractivity (Wildman–Crippen MR) is 122 cm³/mol. The Labute approximate surface area is 183 Å². The van der Waals surface area contributed by atoms with Crippen LogP contribution in [0.2, 0.25) is 0 Å². The Morgan fingerprint density at radius 1 is 1.23 bits per heavy atom. The second-order valence-electron chi connectivity index (χ2n) is 6.09. The highest BCUT2D eigenvalue weighted by Crippen LogP contribution is 2.41. The Morgan fingerprint density at radius 2 is 1.87 bits per heavy atom. The van der Waals surface area contributed by atoms with E-state index in [1.54, 1.807) is 24.8 Å². The molecule has 1 aromatic carbocycles. The molecule has 31 heavy (non-hydrogen) atoms. The first kappa shape index (κ1) is 26.3. The number of furan rings is 1. The van der Waals surface area contributed by atoms with E-state index < -0.39 is 12.0 Å². The number of nitrogens with two attached hydrogens (primary N) is 3. The van der Waals surface area contributed by atoms with Gasteiger partial charge in [0, 0.05) is 6.07 Å². The molecule has 0 aliphatic heterocycles. The number of benzene rings is 1. The van der Waals surface area contributed by atoms with E-state index in [9.17, 15) is 9.59 Å². The average Bonchev–Trinajstić information content (AvgIpc) is 3.23. The van der Waals surface area contributed by atoms with Gasteiger partial charge in [0.15, 0.2) is 16.6 Å². The van der Waals surface area contributed by atoms with Gasteiger partial charge in [0.1, 0.15) is 22.9 Å². The number of hydrazine groups is 1. The lowest BCUT2D eigenvalue weighted by Crippen LogP contribution is -2.30. The number of rotatable bonds is 7. The van der Waals surface area contributed by atoms with E-state index in [0.717, 1.165) is 11.5 Å². The molecule has 0 unspecified atom stereocenters. The van der Waals surface area contributed by atoms with Crippen LogP contribution in [0.1, 0.15) is 19.1 Å². The molecule has 0 fully saturated rings. The first-order valence-electron chi connectivity index (χ1n) is 9.30. The first-order valence-corrected chi connectivity index (χ1v) is 10.5. The third-order valence-electron chi connectivity index (χ3n) is 4.12. The van der Waals surface area contributed by atoms with Gasteiger partial charge in [0.25, 0.3) is 0 Å². The highest BCUT2D eigenvalue weighted by molar-refractivity contribution is 7.99. The lowest BCUT2D eigenvalue weighted by molar-refractivity contribution is -0.138. The molecular formula is C20H29N3O7S. The van der Waals surface area contributed by atoms with Crippen LogP contribution in [-0.4, -0.2) is 42.8 Å². The molecule has 172 valence electrons. The molecule has 0 amide bonds. The molecule has 0 aliphatic carbocycles. The third kappa shape index (κ3) is 6.37. The van der Waals surface area contributed by atoms with E-state index in [-0.39, 0.29) is 5.43 Å². The summed E-state index contributed by atoms with van der Waals surface area (Å²) in [7, 11) is 3.01. The van der Waals surface area contributed by atoms with E-state index in [4.69, 9.17) is 29.1 Å². The second-order valence-corrected chi connectivity index (χ2v) is 7.48. The number of aryl methyl sites for hydroxylation is 1. The van der Waals surface area contributed by atoms with Crippen LogP contribution in [0.3, 0.4) is 0 Å². The van der Waals surface area contributed by atoms with Crippen LogP contribution in [0.15, 0.2) is 32.0 Å². The van der Waals surface area contributed by atoms with Crippen molar-refractivity contribution in [1.29, 1.82) is 0 Å². The van der Waals surface area contributed by atoms with Gasteiger partial charge in [0.05, 0.1) is 25.9 Å².